The van der Waals surface area contributed by atoms with Gasteiger partial charge in [-0.1, -0.05) is 25.7 Å². The van der Waals surface area contributed by atoms with Gasteiger partial charge in [0, 0.05) is 38.3 Å². The lowest BCUT2D eigenvalue weighted by molar-refractivity contribution is 0.0658. The zero-order chi connectivity index (χ0) is 16.9. The Kier molecular flexibility index (Phi) is 5.66. The van der Waals surface area contributed by atoms with Crippen molar-refractivity contribution in [3.63, 3.8) is 0 Å². The van der Waals surface area contributed by atoms with Gasteiger partial charge in [0.15, 0.2) is 0 Å². The highest BCUT2D eigenvalue weighted by Crippen LogP contribution is 2.21. The summed E-state index contributed by atoms with van der Waals surface area (Å²) in [5.41, 5.74) is 0.517. The van der Waals surface area contributed by atoms with Crippen LogP contribution in [0.5, 0.6) is 0 Å². The second kappa shape index (κ2) is 7.92. The topological polar surface area (TPSA) is 61.4 Å². The monoisotopic (exact) mass is 331 g/mol. The lowest BCUT2D eigenvalue weighted by Gasteiger charge is -2.32. The van der Waals surface area contributed by atoms with Crippen molar-refractivity contribution in [1.29, 1.82) is 0 Å². The van der Waals surface area contributed by atoms with Gasteiger partial charge in [-0.3, -0.25) is 4.79 Å². The summed E-state index contributed by atoms with van der Waals surface area (Å²) in [6.07, 6.45) is 7.57. The number of aryl methyl sites for hydroxylation is 1. The van der Waals surface area contributed by atoms with Gasteiger partial charge in [-0.25, -0.2) is 9.97 Å². The molecule has 132 valence electrons. The van der Waals surface area contributed by atoms with Crippen LogP contribution >= 0.6 is 0 Å². The summed E-state index contributed by atoms with van der Waals surface area (Å²) in [4.78, 5) is 25.8. The van der Waals surface area contributed by atoms with Crippen molar-refractivity contribution in [3.05, 3.63) is 17.6 Å². The van der Waals surface area contributed by atoms with Crippen LogP contribution in [0.25, 0.3) is 0 Å². The van der Waals surface area contributed by atoms with Crippen LogP contribution in [0.1, 0.15) is 54.8 Å². The average molecular weight is 331 g/mol. The molecule has 1 amide bonds. The molecule has 0 unspecified atom stereocenters. The highest BCUT2D eigenvalue weighted by Gasteiger charge is 2.22. The summed E-state index contributed by atoms with van der Waals surface area (Å²) >= 11 is 0. The van der Waals surface area contributed by atoms with Crippen LogP contribution in [-0.2, 0) is 0 Å². The number of rotatable bonds is 3. The third-order valence-corrected chi connectivity index (χ3v) is 5.05. The molecule has 1 saturated carbocycles. The normalized spacial score (nSPS) is 20.7. The first-order chi connectivity index (χ1) is 11.6. The van der Waals surface area contributed by atoms with Crippen molar-refractivity contribution in [2.45, 2.75) is 51.5 Å². The number of nitrogens with one attached hydrogen (secondary N) is 1. The number of hydrogen-bond donors (Lipinski definition) is 1. The van der Waals surface area contributed by atoms with E-state index in [4.69, 9.17) is 0 Å². The number of likely N-dealkylation sites (N-methyl/N-ethyl adjacent to an activating group) is 1. The number of carbonyl (C=O) groups excluding carboxylic acids is 1. The molecule has 2 heterocycles. The molecule has 0 atom stereocenters. The second-order valence-electron chi connectivity index (χ2n) is 7.11. The largest absolute Gasteiger partial charge is 0.367 e. The standard InChI is InChI=1S/C18H29N5O/c1-14-19-16(18(24)23-11-9-22(2)10-12-23)13-17(20-14)21-15-7-5-3-4-6-8-15/h13,15H,3-12H2,1-2H3,(H,19,20,21). The van der Waals surface area contributed by atoms with Gasteiger partial charge in [-0.05, 0) is 26.8 Å². The van der Waals surface area contributed by atoms with Gasteiger partial charge in [0.2, 0.25) is 0 Å². The minimum atomic E-state index is 0.0255. The smallest absolute Gasteiger partial charge is 0.272 e. The molecular formula is C18H29N5O. The van der Waals surface area contributed by atoms with E-state index in [1.54, 1.807) is 0 Å². The quantitative estimate of drug-likeness (QED) is 0.861. The minimum Gasteiger partial charge on any atom is -0.367 e. The number of carbonyl (C=O) groups is 1. The van der Waals surface area contributed by atoms with E-state index in [2.05, 4.69) is 27.2 Å². The molecule has 0 spiro atoms. The Hall–Kier alpha value is -1.69. The first-order valence-corrected chi connectivity index (χ1v) is 9.22. The molecule has 1 aromatic heterocycles. The molecule has 1 N–H and O–H groups in total. The number of nitrogens with zero attached hydrogens (tertiary/aromatic N) is 4. The molecule has 0 aromatic carbocycles. The van der Waals surface area contributed by atoms with Gasteiger partial charge < -0.3 is 15.1 Å². The van der Waals surface area contributed by atoms with Gasteiger partial charge in [-0.2, -0.15) is 0 Å². The fraction of sp³-hybridized carbons (Fsp3) is 0.722. The van der Waals surface area contributed by atoms with Crippen molar-refractivity contribution in [2.75, 3.05) is 38.5 Å². The Morgan fingerprint density at radius 2 is 1.75 bits per heavy atom. The van der Waals surface area contributed by atoms with Gasteiger partial charge >= 0.3 is 0 Å². The van der Waals surface area contributed by atoms with Crippen LogP contribution in [0.4, 0.5) is 5.82 Å². The third kappa shape index (κ3) is 4.44. The maximum Gasteiger partial charge on any atom is 0.272 e. The van der Waals surface area contributed by atoms with E-state index >= 15 is 0 Å². The van der Waals surface area contributed by atoms with Crippen molar-refractivity contribution in [2.24, 2.45) is 0 Å². The summed E-state index contributed by atoms with van der Waals surface area (Å²) in [5.74, 6) is 1.48. The molecule has 1 aromatic rings. The molecule has 2 aliphatic rings. The van der Waals surface area contributed by atoms with Crippen LogP contribution < -0.4 is 5.32 Å². The van der Waals surface area contributed by atoms with E-state index in [1.807, 2.05) is 17.9 Å². The zero-order valence-corrected chi connectivity index (χ0v) is 14.9. The maximum absolute atomic E-state index is 12.7. The zero-order valence-electron chi connectivity index (χ0n) is 14.9. The molecule has 1 aliphatic carbocycles. The molecule has 6 nitrogen and oxygen atoms in total. The first kappa shape index (κ1) is 17.1. The van der Waals surface area contributed by atoms with Gasteiger partial charge in [0.05, 0.1) is 0 Å². The summed E-state index contributed by atoms with van der Waals surface area (Å²) in [7, 11) is 2.09. The Balaban J connectivity index is 1.69. The molecule has 0 radical (unpaired) electrons. The Morgan fingerprint density at radius 3 is 2.42 bits per heavy atom. The van der Waals surface area contributed by atoms with E-state index in [0.717, 1.165) is 32.0 Å². The predicted molar refractivity (Wildman–Crippen MR) is 95.3 cm³/mol. The van der Waals surface area contributed by atoms with Crippen molar-refractivity contribution in [3.8, 4) is 0 Å². The predicted octanol–water partition coefficient (Wildman–Crippen LogP) is 2.31. The SMILES string of the molecule is Cc1nc(NC2CCCCCC2)cc(C(=O)N2CCN(C)CC2)n1. The maximum atomic E-state index is 12.7. The Labute approximate surface area is 144 Å². The van der Waals surface area contributed by atoms with Crippen molar-refractivity contribution in [1.82, 2.24) is 19.8 Å². The van der Waals surface area contributed by atoms with Crippen LogP contribution in [0, 0.1) is 6.92 Å². The molecule has 1 aliphatic heterocycles. The molecule has 3 rings (SSSR count). The highest BCUT2D eigenvalue weighted by atomic mass is 16.2. The van der Waals surface area contributed by atoms with Gasteiger partial charge in [0.25, 0.3) is 5.91 Å². The van der Waals surface area contributed by atoms with Crippen molar-refractivity contribution < 1.29 is 4.79 Å². The van der Waals surface area contributed by atoms with E-state index < -0.39 is 0 Å². The van der Waals surface area contributed by atoms with E-state index in [0.29, 0.717) is 17.6 Å². The van der Waals surface area contributed by atoms with Crippen LogP contribution in [0.2, 0.25) is 0 Å². The van der Waals surface area contributed by atoms with Gasteiger partial charge in [-0.15, -0.1) is 0 Å². The van der Waals surface area contributed by atoms with Crippen LogP contribution in [0.3, 0.4) is 0 Å². The lowest BCUT2D eigenvalue weighted by atomic mass is 10.1. The molecule has 0 bridgehead atoms. The third-order valence-electron chi connectivity index (χ3n) is 5.05. The molecular weight excluding hydrogens is 302 g/mol. The summed E-state index contributed by atoms with van der Waals surface area (Å²) in [5, 5.41) is 3.54. The number of aromatic nitrogens is 2. The van der Waals surface area contributed by atoms with E-state index in [-0.39, 0.29) is 5.91 Å². The number of piperazine rings is 1. The van der Waals surface area contributed by atoms with E-state index in [9.17, 15) is 4.79 Å². The highest BCUT2D eigenvalue weighted by molar-refractivity contribution is 5.93. The van der Waals surface area contributed by atoms with Crippen molar-refractivity contribution >= 4 is 11.7 Å². The number of hydrogen-bond acceptors (Lipinski definition) is 5. The summed E-state index contributed by atoms with van der Waals surface area (Å²) < 4.78 is 0. The first-order valence-electron chi connectivity index (χ1n) is 9.22. The Morgan fingerprint density at radius 1 is 1.08 bits per heavy atom. The average Bonchev–Trinajstić information content (AvgIpc) is 2.83. The molecule has 1 saturated heterocycles. The minimum absolute atomic E-state index is 0.0255. The van der Waals surface area contributed by atoms with Crippen LogP contribution in [0.15, 0.2) is 6.07 Å². The summed E-state index contributed by atoms with van der Waals surface area (Å²) in [6, 6.07) is 2.30. The van der Waals surface area contributed by atoms with E-state index in [1.165, 1.54) is 38.5 Å². The fourth-order valence-corrected chi connectivity index (χ4v) is 3.56. The lowest BCUT2D eigenvalue weighted by Crippen LogP contribution is -2.47. The summed E-state index contributed by atoms with van der Waals surface area (Å²) in [6.45, 7) is 5.23. The number of anilines is 1. The second-order valence-corrected chi connectivity index (χ2v) is 7.11. The van der Waals surface area contributed by atoms with Gasteiger partial charge in [0.1, 0.15) is 17.3 Å². The molecule has 2 fully saturated rings. The molecule has 6 heteroatoms. The molecule has 24 heavy (non-hydrogen) atoms. The van der Waals surface area contributed by atoms with Crippen LogP contribution in [-0.4, -0.2) is 64.9 Å². The number of amides is 1. The fourth-order valence-electron chi connectivity index (χ4n) is 3.56. The Bertz CT molecular complexity index is 561.